The Hall–Kier alpha value is -2.83. The van der Waals surface area contributed by atoms with Crippen LogP contribution in [0.25, 0.3) is 10.9 Å². The van der Waals surface area contributed by atoms with Gasteiger partial charge >= 0.3 is 6.03 Å². The summed E-state index contributed by atoms with van der Waals surface area (Å²) in [7, 11) is 0. The number of carbonyl (C=O) groups excluding carboxylic acids is 3. The lowest BCUT2D eigenvalue weighted by atomic mass is 9.94. The number of carbonyl (C=O) groups is 3. The van der Waals surface area contributed by atoms with Gasteiger partial charge in [0.1, 0.15) is 6.04 Å². The molecule has 2 fully saturated rings. The number of hydrogen-bond acceptors (Lipinski definition) is 3. The van der Waals surface area contributed by atoms with Crippen LogP contribution in [0.5, 0.6) is 0 Å². The number of urea groups is 1. The molecule has 1 aromatic carbocycles. The number of para-hydroxylation sites is 1. The molecule has 3 heterocycles. The van der Waals surface area contributed by atoms with Gasteiger partial charge in [-0.05, 0) is 18.9 Å². The molecule has 2 aliphatic heterocycles. The first-order valence-electron chi connectivity index (χ1n) is 10.6. The van der Waals surface area contributed by atoms with E-state index >= 15 is 0 Å². The quantitative estimate of drug-likeness (QED) is 0.785. The monoisotopic (exact) mass is 394 g/mol. The third-order valence-corrected chi connectivity index (χ3v) is 6.61. The zero-order valence-corrected chi connectivity index (χ0v) is 16.4. The molecular weight excluding hydrogens is 368 g/mol. The van der Waals surface area contributed by atoms with E-state index in [0.29, 0.717) is 13.1 Å². The van der Waals surface area contributed by atoms with E-state index in [1.807, 2.05) is 23.1 Å². The van der Waals surface area contributed by atoms with Gasteiger partial charge < -0.3 is 15.2 Å². The minimum Gasteiger partial charge on any atom is -0.358 e. The van der Waals surface area contributed by atoms with Gasteiger partial charge in [-0.25, -0.2) is 4.79 Å². The fourth-order valence-electron chi connectivity index (χ4n) is 5.05. The zero-order chi connectivity index (χ0) is 20.0. The summed E-state index contributed by atoms with van der Waals surface area (Å²) in [4.78, 5) is 44.8. The highest BCUT2D eigenvalue weighted by atomic mass is 16.2. The number of hydrogen-bond donors (Lipinski definition) is 2. The van der Waals surface area contributed by atoms with Crippen LogP contribution in [-0.4, -0.2) is 51.3 Å². The fourth-order valence-corrected chi connectivity index (χ4v) is 5.05. The second-order valence-corrected chi connectivity index (χ2v) is 8.40. The topological polar surface area (TPSA) is 85.5 Å². The molecule has 7 heteroatoms. The van der Waals surface area contributed by atoms with Crippen LogP contribution in [0.2, 0.25) is 0 Å². The van der Waals surface area contributed by atoms with Crippen molar-refractivity contribution in [2.45, 2.75) is 63.6 Å². The van der Waals surface area contributed by atoms with Gasteiger partial charge in [0.05, 0.1) is 6.42 Å². The summed E-state index contributed by atoms with van der Waals surface area (Å²) in [6.07, 6.45) is 5.80. The van der Waals surface area contributed by atoms with Crippen LogP contribution < -0.4 is 5.32 Å². The predicted octanol–water partition coefficient (Wildman–Crippen LogP) is 2.70. The van der Waals surface area contributed by atoms with Crippen molar-refractivity contribution in [3.05, 3.63) is 35.5 Å². The first-order valence-corrected chi connectivity index (χ1v) is 10.6. The lowest BCUT2D eigenvalue weighted by Crippen LogP contribution is -2.43. The molecule has 1 saturated carbocycles. The molecule has 5 rings (SSSR count). The van der Waals surface area contributed by atoms with E-state index in [4.69, 9.17) is 0 Å². The molecule has 3 aliphatic rings. The highest BCUT2D eigenvalue weighted by Gasteiger charge is 2.43. The van der Waals surface area contributed by atoms with E-state index in [9.17, 15) is 14.4 Å². The fraction of sp³-hybridized carbons (Fsp3) is 0.500. The Morgan fingerprint density at radius 2 is 1.90 bits per heavy atom. The number of nitrogens with zero attached hydrogens (tertiary/aromatic N) is 2. The molecule has 2 N–H and O–H groups in total. The lowest BCUT2D eigenvalue weighted by Gasteiger charge is -2.29. The molecule has 152 valence electrons. The zero-order valence-electron chi connectivity index (χ0n) is 16.4. The van der Waals surface area contributed by atoms with Gasteiger partial charge in [0.15, 0.2) is 0 Å². The van der Waals surface area contributed by atoms with Crippen LogP contribution >= 0.6 is 0 Å². The maximum absolute atomic E-state index is 13.0. The molecule has 1 saturated heterocycles. The van der Waals surface area contributed by atoms with Crippen molar-refractivity contribution in [1.29, 1.82) is 0 Å². The van der Waals surface area contributed by atoms with Crippen molar-refractivity contribution < 1.29 is 14.4 Å². The van der Waals surface area contributed by atoms with Crippen LogP contribution in [0, 0.1) is 0 Å². The van der Waals surface area contributed by atoms with Crippen LogP contribution in [0.3, 0.4) is 0 Å². The number of amides is 4. The number of nitrogens with one attached hydrogen (secondary N) is 2. The van der Waals surface area contributed by atoms with E-state index in [-0.39, 0.29) is 30.3 Å². The number of rotatable bonds is 3. The second kappa shape index (κ2) is 7.21. The van der Waals surface area contributed by atoms with Crippen molar-refractivity contribution >= 4 is 28.7 Å². The predicted molar refractivity (Wildman–Crippen MR) is 108 cm³/mol. The molecule has 1 aromatic heterocycles. The summed E-state index contributed by atoms with van der Waals surface area (Å²) in [5.74, 6) is -0.315. The summed E-state index contributed by atoms with van der Waals surface area (Å²) in [6, 6.07) is 7.04. The Balaban J connectivity index is 1.27. The number of fused-ring (bicyclic) bond motifs is 3. The molecule has 0 bridgehead atoms. The number of benzene rings is 1. The summed E-state index contributed by atoms with van der Waals surface area (Å²) in [5.41, 5.74) is 3.43. The molecule has 0 unspecified atom stereocenters. The van der Waals surface area contributed by atoms with Crippen LogP contribution in [0.15, 0.2) is 24.3 Å². The second-order valence-electron chi connectivity index (χ2n) is 8.40. The largest absolute Gasteiger partial charge is 0.358 e. The van der Waals surface area contributed by atoms with Crippen molar-refractivity contribution in [1.82, 2.24) is 20.1 Å². The van der Waals surface area contributed by atoms with Gasteiger partial charge in [-0.2, -0.15) is 0 Å². The molecule has 1 atom stereocenters. The highest BCUT2D eigenvalue weighted by molar-refractivity contribution is 6.06. The molecule has 29 heavy (non-hydrogen) atoms. The number of aromatic nitrogens is 1. The maximum Gasteiger partial charge on any atom is 0.325 e. The van der Waals surface area contributed by atoms with E-state index in [2.05, 4.69) is 16.4 Å². The molecule has 0 spiro atoms. The van der Waals surface area contributed by atoms with Crippen molar-refractivity contribution in [2.75, 3.05) is 6.54 Å². The highest BCUT2D eigenvalue weighted by Crippen LogP contribution is 2.29. The lowest BCUT2D eigenvalue weighted by molar-refractivity contribution is -0.137. The SMILES string of the molecule is O=C(C[C@@H]1NC(=O)N(C2CCCCC2)C1=O)N1CCc2[nH]c3ccccc3c2C1. The molecule has 7 nitrogen and oxygen atoms in total. The third-order valence-electron chi connectivity index (χ3n) is 6.61. The minimum atomic E-state index is -0.735. The van der Waals surface area contributed by atoms with Gasteiger partial charge in [-0.15, -0.1) is 0 Å². The van der Waals surface area contributed by atoms with Gasteiger partial charge in [0.25, 0.3) is 5.91 Å². The normalized spacial score (nSPS) is 22.8. The number of H-pyrrole nitrogens is 1. The molecular formula is C22H26N4O3. The summed E-state index contributed by atoms with van der Waals surface area (Å²) in [6.45, 7) is 1.17. The first kappa shape index (κ1) is 18.2. The van der Waals surface area contributed by atoms with Gasteiger partial charge in [0.2, 0.25) is 5.91 Å². The Bertz CT molecular complexity index is 976. The Morgan fingerprint density at radius 3 is 2.72 bits per heavy atom. The smallest absolute Gasteiger partial charge is 0.325 e. The summed E-state index contributed by atoms with van der Waals surface area (Å²) in [5, 5.41) is 3.90. The Kier molecular flexibility index (Phi) is 4.53. The minimum absolute atomic E-state index is 0.0138. The summed E-state index contributed by atoms with van der Waals surface area (Å²) >= 11 is 0. The molecule has 0 radical (unpaired) electrons. The van der Waals surface area contributed by atoms with Gasteiger partial charge in [-0.1, -0.05) is 37.5 Å². The number of imide groups is 1. The average molecular weight is 394 g/mol. The van der Waals surface area contributed by atoms with Crippen LogP contribution in [0.1, 0.15) is 49.8 Å². The van der Waals surface area contributed by atoms with Crippen molar-refractivity contribution in [3.8, 4) is 0 Å². The average Bonchev–Trinajstić information content (AvgIpc) is 3.24. The standard InChI is InChI=1S/C22H26N4O3/c27-20(12-19-21(28)26(22(29)24-19)14-6-2-1-3-7-14)25-11-10-18-16(13-25)15-8-4-5-9-17(15)23-18/h4-5,8-9,14,19,23H,1-3,6-7,10-13H2,(H,24,29)/t19-/m0/s1. The van der Waals surface area contributed by atoms with Crippen LogP contribution in [-0.2, 0) is 22.6 Å². The third kappa shape index (κ3) is 3.18. The van der Waals surface area contributed by atoms with Gasteiger partial charge in [0, 0.05) is 47.7 Å². The Morgan fingerprint density at radius 1 is 1.10 bits per heavy atom. The van der Waals surface area contributed by atoms with Crippen LogP contribution in [0.4, 0.5) is 4.79 Å². The van der Waals surface area contributed by atoms with E-state index in [1.54, 1.807) is 0 Å². The maximum atomic E-state index is 13.0. The molecule has 2 aromatic rings. The summed E-state index contributed by atoms with van der Waals surface area (Å²) < 4.78 is 0. The van der Waals surface area contributed by atoms with Crippen molar-refractivity contribution in [2.24, 2.45) is 0 Å². The molecule has 1 aliphatic carbocycles. The number of aromatic amines is 1. The first-order chi connectivity index (χ1) is 14.1. The van der Waals surface area contributed by atoms with E-state index in [1.165, 1.54) is 10.6 Å². The van der Waals surface area contributed by atoms with Crippen molar-refractivity contribution in [3.63, 3.8) is 0 Å². The van der Waals surface area contributed by atoms with E-state index < -0.39 is 6.04 Å². The van der Waals surface area contributed by atoms with E-state index in [0.717, 1.165) is 55.0 Å². The van der Waals surface area contributed by atoms with Gasteiger partial charge in [-0.3, -0.25) is 14.5 Å². The Labute approximate surface area is 169 Å². The molecule has 4 amide bonds.